The summed E-state index contributed by atoms with van der Waals surface area (Å²) in [6, 6.07) is 16.0. The van der Waals surface area contributed by atoms with E-state index in [0.29, 0.717) is 12.3 Å². The summed E-state index contributed by atoms with van der Waals surface area (Å²) in [5, 5.41) is 0. The minimum Gasteiger partial charge on any atom is -0.327 e. The van der Waals surface area contributed by atoms with Crippen molar-refractivity contribution >= 4 is 17.5 Å². The molecule has 0 unspecified atom stereocenters. The molecule has 2 aromatic carbocycles. The van der Waals surface area contributed by atoms with Crippen LogP contribution in [0.2, 0.25) is 0 Å². The van der Waals surface area contributed by atoms with Crippen LogP contribution in [0.5, 0.6) is 0 Å². The van der Waals surface area contributed by atoms with E-state index in [1.807, 2.05) is 35.2 Å². The second-order valence-corrected chi connectivity index (χ2v) is 5.80. The number of amides is 1. The van der Waals surface area contributed by atoms with Crippen molar-refractivity contribution in [3.63, 3.8) is 0 Å². The molecule has 0 aliphatic carbocycles. The Morgan fingerprint density at radius 3 is 2.45 bits per heavy atom. The number of hydrogen-bond acceptors (Lipinski definition) is 1. The molecule has 1 fully saturated rings. The molecular weight excluding hydrogens is 301 g/mol. The molecule has 1 amide bonds. The first kappa shape index (κ1) is 15.0. The smallest absolute Gasteiger partial charge is 0.223 e. The lowest BCUT2D eigenvalue weighted by Gasteiger charge is -2.33. The highest BCUT2D eigenvalue weighted by atomic mass is 35.5. The second-order valence-electron chi connectivity index (χ2n) is 5.49. The Labute approximate surface area is 134 Å². The van der Waals surface area contributed by atoms with Crippen LogP contribution in [0.1, 0.15) is 36.1 Å². The maximum absolute atomic E-state index is 13.1. The zero-order valence-corrected chi connectivity index (χ0v) is 12.8. The van der Waals surface area contributed by atoms with Crippen molar-refractivity contribution in [1.29, 1.82) is 0 Å². The molecule has 0 bridgehead atoms. The summed E-state index contributed by atoms with van der Waals surface area (Å²) in [5.41, 5.74) is 1.98. The molecule has 1 aliphatic rings. The van der Waals surface area contributed by atoms with E-state index in [1.165, 1.54) is 12.1 Å². The maximum Gasteiger partial charge on any atom is 0.223 e. The first-order valence-corrected chi connectivity index (χ1v) is 7.91. The molecule has 1 saturated heterocycles. The van der Waals surface area contributed by atoms with Gasteiger partial charge in [-0.05, 0) is 29.7 Å². The lowest BCUT2D eigenvalue weighted by molar-refractivity contribution is -0.131. The van der Waals surface area contributed by atoms with Gasteiger partial charge in [0.2, 0.25) is 5.91 Å². The molecule has 2 aromatic rings. The molecule has 0 aromatic heterocycles. The van der Waals surface area contributed by atoms with Gasteiger partial charge in [-0.2, -0.15) is 0 Å². The molecule has 3 rings (SSSR count). The van der Waals surface area contributed by atoms with Gasteiger partial charge in [-0.1, -0.05) is 42.5 Å². The van der Waals surface area contributed by atoms with Crippen LogP contribution in [0.3, 0.4) is 0 Å². The van der Waals surface area contributed by atoms with Gasteiger partial charge in [0.15, 0.2) is 0 Å². The lowest BCUT2D eigenvalue weighted by Crippen LogP contribution is -2.33. The Bertz CT molecular complexity index is 644. The molecule has 0 spiro atoms. The number of nitrogens with zero attached hydrogens (tertiary/aromatic N) is 1. The molecule has 0 saturated carbocycles. The fourth-order valence-electron chi connectivity index (χ4n) is 3.10. The van der Waals surface area contributed by atoms with Crippen LogP contribution in [-0.2, 0) is 4.79 Å². The van der Waals surface area contributed by atoms with Gasteiger partial charge in [0.1, 0.15) is 5.82 Å². The summed E-state index contributed by atoms with van der Waals surface area (Å²) in [5.74, 6) is 0.174. The Morgan fingerprint density at radius 2 is 1.82 bits per heavy atom. The van der Waals surface area contributed by atoms with Crippen molar-refractivity contribution in [2.24, 2.45) is 0 Å². The number of alkyl halides is 1. The van der Waals surface area contributed by atoms with Crippen LogP contribution in [0.4, 0.5) is 4.39 Å². The Morgan fingerprint density at radius 1 is 1.14 bits per heavy atom. The van der Waals surface area contributed by atoms with Gasteiger partial charge in [-0.15, -0.1) is 11.6 Å². The fourth-order valence-corrected chi connectivity index (χ4v) is 3.43. The SMILES string of the molecule is O=C1CC[C@@H](c2ccc(F)cc2)N1[C@@H](CCl)c1ccccc1. The minimum absolute atomic E-state index is 0.0444. The number of carbonyl (C=O) groups is 1. The van der Waals surface area contributed by atoms with Gasteiger partial charge in [-0.3, -0.25) is 4.79 Å². The third-order valence-electron chi connectivity index (χ3n) is 4.18. The van der Waals surface area contributed by atoms with E-state index in [4.69, 9.17) is 11.6 Å². The number of likely N-dealkylation sites (tertiary alicyclic amines) is 1. The molecule has 1 aliphatic heterocycles. The average molecular weight is 318 g/mol. The third-order valence-corrected chi connectivity index (χ3v) is 4.47. The summed E-state index contributed by atoms with van der Waals surface area (Å²) in [6.07, 6.45) is 1.24. The van der Waals surface area contributed by atoms with Gasteiger partial charge >= 0.3 is 0 Å². The van der Waals surface area contributed by atoms with Crippen molar-refractivity contribution in [3.8, 4) is 0 Å². The van der Waals surface area contributed by atoms with E-state index >= 15 is 0 Å². The number of hydrogen-bond donors (Lipinski definition) is 0. The van der Waals surface area contributed by atoms with Gasteiger partial charge in [0.25, 0.3) is 0 Å². The van der Waals surface area contributed by atoms with Crippen LogP contribution < -0.4 is 0 Å². The highest BCUT2D eigenvalue weighted by Crippen LogP contribution is 2.39. The monoisotopic (exact) mass is 317 g/mol. The minimum atomic E-state index is -0.267. The Balaban J connectivity index is 1.94. The van der Waals surface area contributed by atoms with Crippen molar-refractivity contribution in [2.45, 2.75) is 24.9 Å². The first-order valence-electron chi connectivity index (χ1n) is 7.38. The quantitative estimate of drug-likeness (QED) is 0.762. The number of benzene rings is 2. The molecular formula is C18H17ClFNO. The van der Waals surface area contributed by atoms with Crippen LogP contribution in [0.15, 0.2) is 54.6 Å². The summed E-state index contributed by atoms with van der Waals surface area (Å²) in [4.78, 5) is 14.2. The van der Waals surface area contributed by atoms with E-state index in [1.54, 1.807) is 12.1 Å². The van der Waals surface area contributed by atoms with Crippen LogP contribution in [-0.4, -0.2) is 16.7 Å². The third kappa shape index (κ3) is 2.86. The Kier molecular flexibility index (Phi) is 4.44. The van der Waals surface area contributed by atoms with Crippen molar-refractivity contribution in [3.05, 3.63) is 71.5 Å². The van der Waals surface area contributed by atoms with Crippen molar-refractivity contribution in [1.82, 2.24) is 4.90 Å². The summed E-state index contributed by atoms with van der Waals surface area (Å²) in [7, 11) is 0. The fraction of sp³-hybridized carbons (Fsp3) is 0.278. The number of halogens is 2. The zero-order chi connectivity index (χ0) is 15.5. The average Bonchev–Trinajstić information content (AvgIpc) is 2.92. The van der Waals surface area contributed by atoms with E-state index < -0.39 is 0 Å². The highest BCUT2D eigenvalue weighted by molar-refractivity contribution is 6.18. The highest BCUT2D eigenvalue weighted by Gasteiger charge is 2.37. The second kappa shape index (κ2) is 6.49. The van der Waals surface area contributed by atoms with Crippen molar-refractivity contribution < 1.29 is 9.18 Å². The maximum atomic E-state index is 13.1. The topological polar surface area (TPSA) is 20.3 Å². The first-order chi connectivity index (χ1) is 10.7. The summed E-state index contributed by atoms with van der Waals surface area (Å²) < 4.78 is 13.1. The number of carbonyl (C=O) groups excluding carboxylic acids is 1. The molecule has 0 radical (unpaired) electrons. The predicted octanol–water partition coefficient (Wildman–Crippen LogP) is 4.47. The molecule has 0 N–H and O–H groups in total. The van der Waals surface area contributed by atoms with E-state index in [2.05, 4.69) is 0 Å². The molecule has 1 heterocycles. The molecule has 4 heteroatoms. The molecule has 22 heavy (non-hydrogen) atoms. The molecule has 114 valence electrons. The Hall–Kier alpha value is -1.87. The predicted molar refractivity (Wildman–Crippen MR) is 85.1 cm³/mol. The van der Waals surface area contributed by atoms with Gasteiger partial charge in [0.05, 0.1) is 12.1 Å². The van der Waals surface area contributed by atoms with Crippen molar-refractivity contribution in [2.75, 3.05) is 5.88 Å². The zero-order valence-electron chi connectivity index (χ0n) is 12.1. The lowest BCUT2D eigenvalue weighted by atomic mass is 10.0. The van der Waals surface area contributed by atoms with Gasteiger partial charge < -0.3 is 4.90 Å². The van der Waals surface area contributed by atoms with Crippen LogP contribution in [0.25, 0.3) is 0 Å². The standard InChI is InChI=1S/C18H17ClFNO/c19-12-17(13-4-2-1-3-5-13)21-16(10-11-18(21)22)14-6-8-15(20)9-7-14/h1-9,16-17H,10-12H2/t16-,17-/m0/s1. The molecule has 2 atom stereocenters. The normalized spacial score (nSPS) is 19.5. The summed E-state index contributed by atoms with van der Waals surface area (Å²) in [6.45, 7) is 0. The summed E-state index contributed by atoms with van der Waals surface area (Å²) >= 11 is 6.17. The van der Waals surface area contributed by atoms with E-state index in [-0.39, 0.29) is 23.8 Å². The van der Waals surface area contributed by atoms with E-state index in [0.717, 1.165) is 17.5 Å². The van der Waals surface area contributed by atoms with Gasteiger partial charge in [0, 0.05) is 12.3 Å². The largest absolute Gasteiger partial charge is 0.327 e. The van der Waals surface area contributed by atoms with Crippen LogP contribution >= 0.6 is 11.6 Å². The van der Waals surface area contributed by atoms with Crippen LogP contribution in [0, 0.1) is 5.82 Å². The van der Waals surface area contributed by atoms with Gasteiger partial charge in [-0.25, -0.2) is 4.39 Å². The number of rotatable bonds is 4. The molecule has 2 nitrogen and oxygen atoms in total. The van der Waals surface area contributed by atoms with E-state index in [9.17, 15) is 9.18 Å².